The zero-order chi connectivity index (χ0) is 18.1. The summed E-state index contributed by atoms with van der Waals surface area (Å²) in [6.45, 7) is 2.19. The molecule has 3 nitrogen and oxygen atoms in total. The first-order valence-electron chi connectivity index (χ1n) is 9.59. The zero-order valence-electron chi connectivity index (χ0n) is 15.2. The minimum Gasteiger partial charge on any atom is -0.508 e. The largest absolute Gasteiger partial charge is 0.508 e. The molecule has 0 atom stereocenters. The zero-order valence-corrected chi connectivity index (χ0v) is 15.2. The van der Waals surface area contributed by atoms with Crippen molar-refractivity contribution in [2.75, 3.05) is 0 Å². The van der Waals surface area contributed by atoms with Gasteiger partial charge in [-0.25, -0.2) is 4.79 Å². The maximum absolute atomic E-state index is 12.5. The first-order chi connectivity index (χ1) is 12.7. The van der Waals surface area contributed by atoms with Crippen molar-refractivity contribution in [3.63, 3.8) is 0 Å². The summed E-state index contributed by atoms with van der Waals surface area (Å²) in [5.74, 6) is 0.223. The molecule has 1 aromatic heterocycles. The third-order valence-corrected chi connectivity index (χ3v) is 5.43. The molecular formula is C23H24O3. The van der Waals surface area contributed by atoms with Crippen molar-refractivity contribution < 1.29 is 9.52 Å². The van der Waals surface area contributed by atoms with E-state index in [9.17, 15) is 9.90 Å². The van der Waals surface area contributed by atoms with Gasteiger partial charge in [0.2, 0.25) is 0 Å². The molecule has 0 radical (unpaired) electrons. The molecule has 0 amide bonds. The second-order valence-electron chi connectivity index (χ2n) is 7.19. The predicted octanol–water partition coefficient (Wildman–Crippen LogP) is 5.39. The van der Waals surface area contributed by atoms with Gasteiger partial charge >= 0.3 is 5.63 Å². The number of rotatable bonds is 5. The summed E-state index contributed by atoms with van der Waals surface area (Å²) in [5, 5.41) is 11.3. The number of phenols is 1. The van der Waals surface area contributed by atoms with Gasteiger partial charge in [0, 0.05) is 22.6 Å². The molecule has 0 spiro atoms. The summed E-state index contributed by atoms with van der Waals surface area (Å²) in [7, 11) is 0. The molecule has 0 saturated heterocycles. The van der Waals surface area contributed by atoms with Crippen LogP contribution < -0.4 is 5.63 Å². The lowest BCUT2D eigenvalue weighted by Crippen LogP contribution is -2.15. The third-order valence-electron chi connectivity index (χ3n) is 5.43. The summed E-state index contributed by atoms with van der Waals surface area (Å²) < 4.78 is 5.54. The van der Waals surface area contributed by atoms with Gasteiger partial charge in [-0.05, 0) is 48.4 Å². The molecule has 1 aliphatic rings. The monoisotopic (exact) mass is 348 g/mol. The van der Waals surface area contributed by atoms with E-state index in [0.29, 0.717) is 12.0 Å². The molecule has 0 unspecified atom stereocenters. The quantitative estimate of drug-likeness (QED) is 0.497. The summed E-state index contributed by atoms with van der Waals surface area (Å²) in [6.07, 6.45) is 7.04. The fourth-order valence-electron chi connectivity index (χ4n) is 4.04. The van der Waals surface area contributed by atoms with Crippen molar-refractivity contribution in [2.24, 2.45) is 0 Å². The van der Waals surface area contributed by atoms with E-state index < -0.39 is 0 Å². The van der Waals surface area contributed by atoms with Gasteiger partial charge in [0.15, 0.2) is 0 Å². The Labute approximate surface area is 153 Å². The van der Waals surface area contributed by atoms with E-state index in [1.807, 2.05) is 18.2 Å². The van der Waals surface area contributed by atoms with Crippen molar-refractivity contribution in [3.05, 3.63) is 63.5 Å². The summed E-state index contributed by atoms with van der Waals surface area (Å²) in [5.41, 5.74) is 5.27. The van der Waals surface area contributed by atoms with Gasteiger partial charge in [0.25, 0.3) is 0 Å². The van der Waals surface area contributed by atoms with E-state index in [0.717, 1.165) is 46.9 Å². The number of hydrogen-bond donors (Lipinski definition) is 1. The van der Waals surface area contributed by atoms with Crippen molar-refractivity contribution in [3.8, 4) is 16.9 Å². The Balaban J connectivity index is 1.87. The highest BCUT2D eigenvalue weighted by Crippen LogP contribution is 2.39. The number of fused-ring (bicyclic) bond motifs is 5. The highest BCUT2D eigenvalue weighted by molar-refractivity contribution is 5.97. The molecule has 1 heterocycles. The average molecular weight is 348 g/mol. The molecule has 0 bridgehead atoms. The molecule has 2 aromatic carbocycles. The number of benzene rings is 2. The molecule has 0 fully saturated rings. The first-order valence-corrected chi connectivity index (χ1v) is 9.59. The molecule has 0 saturated carbocycles. The molecule has 3 heteroatoms. The Morgan fingerprint density at radius 2 is 1.92 bits per heavy atom. The molecule has 4 rings (SSSR count). The van der Waals surface area contributed by atoms with Gasteiger partial charge in [-0.1, -0.05) is 50.5 Å². The molecule has 134 valence electrons. The van der Waals surface area contributed by atoms with Crippen molar-refractivity contribution in [1.29, 1.82) is 0 Å². The molecule has 26 heavy (non-hydrogen) atoms. The highest BCUT2D eigenvalue weighted by atomic mass is 16.4. The van der Waals surface area contributed by atoms with Gasteiger partial charge in [-0.3, -0.25) is 0 Å². The smallest absolute Gasteiger partial charge is 0.340 e. The SMILES string of the molecule is CCCCCCc1cc2c3c(c(=O)oc2cc1O)CCc1ccccc1-3. The Morgan fingerprint density at radius 3 is 2.77 bits per heavy atom. The Morgan fingerprint density at radius 1 is 1.08 bits per heavy atom. The summed E-state index contributed by atoms with van der Waals surface area (Å²) >= 11 is 0. The minimum atomic E-state index is -0.280. The summed E-state index contributed by atoms with van der Waals surface area (Å²) in [4.78, 5) is 12.5. The molecule has 0 aliphatic heterocycles. The first kappa shape index (κ1) is 16.9. The Kier molecular flexibility index (Phi) is 4.54. The normalized spacial score (nSPS) is 12.8. The van der Waals surface area contributed by atoms with Crippen molar-refractivity contribution in [2.45, 2.75) is 51.9 Å². The summed E-state index contributed by atoms with van der Waals surface area (Å²) in [6, 6.07) is 11.9. The van der Waals surface area contributed by atoms with Crippen LogP contribution >= 0.6 is 0 Å². The van der Waals surface area contributed by atoms with Crippen molar-refractivity contribution in [1.82, 2.24) is 0 Å². The lowest BCUT2D eigenvalue weighted by Gasteiger charge is -2.20. The molecule has 3 aromatic rings. The van der Waals surface area contributed by atoms with Crippen LogP contribution in [0.3, 0.4) is 0 Å². The van der Waals surface area contributed by atoms with Crippen LogP contribution in [0, 0.1) is 0 Å². The van der Waals surface area contributed by atoms with Crippen LogP contribution in [-0.2, 0) is 19.3 Å². The van der Waals surface area contributed by atoms with E-state index in [1.165, 1.54) is 24.8 Å². The predicted molar refractivity (Wildman–Crippen MR) is 105 cm³/mol. The van der Waals surface area contributed by atoms with E-state index in [1.54, 1.807) is 6.07 Å². The number of phenolic OH excluding ortho intramolecular Hbond substituents is 1. The van der Waals surface area contributed by atoms with Crippen LogP contribution in [0.1, 0.15) is 49.3 Å². The lowest BCUT2D eigenvalue weighted by molar-refractivity contribution is 0.464. The van der Waals surface area contributed by atoms with Crippen LogP contribution in [0.2, 0.25) is 0 Å². The minimum absolute atomic E-state index is 0.223. The second kappa shape index (κ2) is 6.99. The van der Waals surface area contributed by atoms with Gasteiger partial charge in [-0.2, -0.15) is 0 Å². The van der Waals surface area contributed by atoms with Crippen molar-refractivity contribution >= 4 is 11.0 Å². The number of aromatic hydroxyl groups is 1. The molecule has 1 aliphatic carbocycles. The van der Waals surface area contributed by atoms with Crippen LogP contribution in [0.25, 0.3) is 22.1 Å². The Hall–Kier alpha value is -2.55. The highest BCUT2D eigenvalue weighted by Gasteiger charge is 2.23. The Bertz CT molecular complexity index is 1010. The standard InChI is InChI=1S/C23H24O3/c1-2-3-4-5-9-16-13-19-21(14-20(16)24)26-23(25)18-12-11-15-8-6-7-10-17(15)22(18)19/h6-8,10,13-14,24H,2-5,9,11-12H2,1H3. The van der Waals surface area contributed by atoms with Crippen LogP contribution in [0.5, 0.6) is 5.75 Å². The molecule has 1 N–H and O–H groups in total. The average Bonchev–Trinajstić information content (AvgIpc) is 2.65. The van der Waals surface area contributed by atoms with E-state index in [-0.39, 0.29) is 11.4 Å². The fourth-order valence-corrected chi connectivity index (χ4v) is 4.04. The van der Waals surface area contributed by atoms with Crippen LogP contribution in [0.15, 0.2) is 45.6 Å². The van der Waals surface area contributed by atoms with E-state index in [4.69, 9.17) is 4.42 Å². The topological polar surface area (TPSA) is 50.4 Å². The number of aryl methyl sites for hydroxylation is 2. The lowest BCUT2D eigenvalue weighted by atomic mass is 9.84. The number of unbranched alkanes of at least 4 members (excludes halogenated alkanes) is 3. The van der Waals surface area contributed by atoms with Gasteiger partial charge in [0.1, 0.15) is 11.3 Å². The maximum Gasteiger partial charge on any atom is 0.340 e. The van der Waals surface area contributed by atoms with Crippen LogP contribution in [0.4, 0.5) is 0 Å². The fraction of sp³-hybridized carbons (Fsp3) is 0.348. The van der Waals surface area contributed by atoms with Gasteiger partial charge in [0.05, 0.1) is 0 Å². The maximum atomic E-state index is 12.5. The van der Waals surface area contributed by atoms with E-state index >= 15 is 0 Å². The van der Waals surface area contributed by atoms with E-state index in [2.05, 4.69) is 19.1 Å². The number of hydrogen-bond acceptors (Lipinski definition) is 3. The second-order valence-corrected chi connectivity index (χ2v) is 7.19. The third kappa shape index (κ3) is 2.92. The molecular weight excluding hydrogens is 324 g/mol. The van der Waals surface area contributed by atoms with Gasteiger partial charge < -0.3 is 9.52 Å². The van der Waals surface area contributed by atoms with Crippen LogP contribution in [-0.4, -0.2) is 5.11 Å². The van der Waals surface area contributed by atoms with Gasteiger partial charge in [-0.15, -0.1) is 0 Å².